The fraction of sp³-hybridized carbons (Fsp3) is 0.476. The summed E-state index contributed by atoms with van der Waals surface area (Å²) >= 11 is 0. The highest BCUT2D eigenvalue weighted by Gasteiger charge is 2.16. The van der Waals surface area contributed by atoms with E-state index in [1.165, 1.54) is 4.68 Å². The third-order valence-electron chi connectivity index (χ3n) is 5.21. The smallest absolute Gasteiger partial charge is 0.338 e. The fourth-order valence-corrected chi connectivity index (χ4v) is 3.48. The van der Waals surface area contributed by atoms with Crippen molar-refractivity contribution in [2.45, 2.75) is 58.5 Å². The van der Waals surface area contributed by atoms with Gasteiger partial charge in [0.05, 0.1) is 0 Å². The van der Waals surface area contributed by atoms with Crippen molar-refractivity contribution in [3.05, 3.63) is 46.4 Å². The standard InChI is InChI=1S/C21H27N7O3/c1-14(2)18-24-19(31-26-18)15-7-9-16(10-8-15)23-20(29)22-11-5-13-28-21(30)27-12-4-3-6-17(27)25-28/h7-10,14H,3-6,11-13H2,1-2H3,(H2,22,23,29). The molecule has 0 saturated carbocycles. The van der Waals surface area contributed by atoms with Crippen molar-refractivity contribution < 1.29 is 9.32 Å². The molecule has 2 amide bonds. The summed E-state index contributed by atoms with van der Waals surface area (Å²) in [6.07, 6.45) is 3.58. The van der Waals surface area contributed by atoms with Crippen LogP contribution in [-0.4, -0.2) is 37.1 Å². The van der Waals surface area contributed by atoms with E-state index in [2.05, 4.69) is 25.9 Å². The second kappa shape index (κ2) is 9.15. The van der Waals surface area contributed by atoms with Crippen LogP contribution in [0.3, 0.4) is 0 Å². The van der Waals surface area contributed by atoms with Gasteiger partial charge in [-0.2, -0.15) is 10.1 Å². The second-order valence-electron chi connectivity index (χ2n) is 7.95. The predicted octanol–water partition coefficient (Wildman–Crippen LogP) is 2.77. The number of hydrogen-bond donors (Lipinski definition) is 2. The Labute approximate surface area is 179 Å². The number of rotatable bonds is 7. The van der Waals surface area contributed by atoms with Gasteiger partial charge >= 0.3 is 11.7 Å². The molecule has 0 fully saturated rings. The van der Waals surface area contributed by atoms with Crippen LogP contribution in [0.5, 0.6) is 0 Å². The molecular formula is C21H27N7O3. The first-order chi connectivity index (χ1) is 15.0. The monoisotopic (exact) mass is 425 g/mol. The molecule has 1 aliphatic heterocycles. The summed E-state index contributed by atoms with van der Waals surface area (Å²) in [5.41, 5.74) is 1.39. The van der Waals surface area contributed by atoms with Crippen LogP contribution in [0, 0.1) is 0 Å². The summed E-state index contributed by atoms with van der Waals surface area (Å²) in [5.74, 6) is 2.18. The number of carbonyl (C=O) groups is 1. The van der Waals surface area contributed by atoms with Crippen molar-refractivity contribution in [2.75, 3.05) is 11.9 Å². The zero-order valence-corrected chi connectivity index (χ0v) is 17.8. The number of aryl methyl sites for hydroxylation is 2. The largest absolute Gasteiger partial charge is 0.345 e. The molecule has 10 heteroatoms. The van der Waals surface area contributed by atoms with Gasteiger partial charge < -0.3 is 15.2 Å². The zero-order chi connectivity index (χ0) is 21.8. The molecule has 3 heterocycles. The number of nitrogens with one attached hydrogen (secondary N) is 2. The maximum Gasteiger partial charge on any atom is 0.345 e. The minimum absolute atomic E-state index is 0.0546. The number of nitrogens with zero attached hydrogens (tertiary/aromatic N) is 5. The van der Waals surface area contributed by atoms with Crippen LogP contribution in [0.15, 0.2) is 33.6 Å². The number of anilines is 1. The molecule has 0 spiro atoms. The molecule has 4 rings (SSSR count). The summed E-state index contributed by atoms with van der Waals surface area (Å²) in [6, 6.07) is 6.90. The number of fused-ring (bicyclic) bond motifs is 1. The molecule has 1 aromatic carbocycles. The molecule has 3 aromatic rings. The zero-order valence-electron chi connectivity index (χ0n) is 17.8. The van der Waals surface area contributed by atoms with Crippen LogP contribution in [-0.2, 0) is 19.5 Å². The Bertz CT molecular complexity index is 1100. The molecule has 0 saturated heterocycles. The van der Waals surface area contributed by atoms with E-state index in [9.17, 15) is 9.59 Å². The van der Waals surface area contributed by atoms with E-state index >= 15 is 0 Å². The quantitative estimate of drug-likeness (QED) is 0.562. The first kappa shape index (κ1) is 20.8. The first-order valence-electron chi connectivity index (χ1n) is 10.7. The maximum absolute atomic E-state index is 12.3. The molecule has 10 nitrogen and oxygen atoms in total. The van der Waals surface area contributed by atoms with Crippen molar-refractivity contribution >= 4 is 11.7 Å². The number of aromatic nitrogens is 5. The van der Waals surface area contributed by atoms with Crippen LogP contribution in [0.2, 0.25) is 0 Å². The number of amides is 2. The van der Waals surface area contributed by atoms with E-state index in [0.717, 1.165) is 37.2 Å². The van der Waals surface area contributed by atoms with Gasteiger partial charge in [-0.3, -0.25) is 4.57 Å². The van der Waals surface area contributed by atoms with Crippen LogP contribution < -0.4 is 16.3 Å². The topological polar surface area (TPSA) is 120 Å². The summed E-state index contributed by atoms with van der Waals surface area (Å²) in [4.78, 5) is 28.8. The van der Waals surface area contributed by atoms with E-state index in [4.69, 9.17) is 4.52 Å². The average molecular weight is 425 g/mol. The molecule has 0 bridgehead atoms. The number of carbonyl (C=O) groups excluding carboxylic acids is 1. The van der Waals surface area contributed by atoms with Crippen molar-refractivity contribution in [3.8, 4) is 11.5 Å². The third-order valence-corrected chi connectivity index (χ3v) is 5.21. The Morgan fingerprint density at radius 1 is 1.23 bits per heavy atom. The Hall–Kier alpha value is -3.43. The van der Waals surface area contributed by atoms with Crippen LogP contribution >= 0.6 is 0 Å². The molecule has 0 aliphatic carbocycles. The molecule has 0 atom stereocenters. The van der Waals surface area contributed by atoms with E-state index in [0.29, 0.717) is 36.9 Å². The Kier molecular flexibility index (Phi) is 6.15. The van der Waals surface area contributed by atoms with E-state index in [1.807, 2.05) is 26.0 Å². The van der Waals surface area contributed by atoms with Gasteiger partial charge in [-0.15, -0.1) is 0 Å². The van der Waals surface area contributed by atoms with Crippen LogP contribution in [0.4, 0.5) is 10.5 Å². The summed E-state index contributed by atoms with van der Waals surface area (Å²) in [7, 11) is 0. The van der Waals surface area contributed by atoms with Gasteiger partial charge in [-0.1, -0.05) is 19.0 Å². The van der Waals surface area contributed by atoms with E-state index in [1.54, 1.807) is 16.7 Å². The highest BCUT2D eigenvalue weighted by Crippen LogP contribution is 2.21. The normalized spacial score (nSPS) is 13.3. The molecule has 2 aromatic heterocycles. The Morgan fingerprint density at radius 2 is 2.03 bits per heavy atom. The van der Waals surface area contributed by atoms with Gasteiger partial charge in [0.1, 0.15) is 5.82 Å². The molecule has 2 N–H and O–H groups in total. The number of hydrogen-bond acceptors (Lipinski definition) is 6. The fourth-order valence-electron chi connectivity index (χ4n) is 3.48. The lowest BCUT2D eigenvalue weighted by atomic mass is 10.2. The Morgan fingerprint density at radius 3 is 2.74 bits per heavy atom. The van der Waals surface area contributed by atoms with Gasteiger partial charge in [-0.05, 0) is 43.5 Å². The van der Waals surface area contributed by atoms with Crippen molar-refractivity contribution in [1.82, 2.24) is 29.8 Å². The van der Waals surface area contributed by atoms with Gasteiger partial charge in [0.25, 0.3) is 5.89 Å². The highest BCUT2D eigenvalue weighted by atomic mass is 16.5. The lowest BCUT2D eigenvalue weighted by Gasteiger charge is -2.09. The van der Waals surface area contributed by atoms with Crippen molar-refractivity contribution in [1.29, 1.82) is 0 Å². The van der Waals surface area contributed by atoms with E-state index < -0.39 is 0 Å². The summed E-state index contributed by atoms with van der Waals surface area (Å²) in [6.45, 7) is 5.68. The summed E-state index contributed by atoms with van der Waals surface area (Å²) < 4.78 is 8.53. The first-order valence-corrected chi connectivity index (χ1v) is 10.7. The minimum Gasteiger partial charge on any atom is -0.338 e. The minimum atomic E-state index is -0.302. The number of benzene rings is 1. The molecule has 1 aliphatic rings. The van der Waals surface area contributed by atoms with E-state index in [-0.39, 0.29) is 17.6 Å². The molecule has 0 unspecified atom stereocenters. The lowest BCUT2D eigenvalue weighted by Crippen LogP contribution is -2.31. The SMILES string of the molecule is CC(C)c1noc(-c2ccc(NC(=O)NCCCn3nc4n(c3=O)CCCC4)cc2)n1. The predicted molar refractivity (Wildman–Crippen MR) is 115 cm³/mol. The van der Waals surface area contributed by atoms with Gasteiger partial charge in [-0.25, -0.2) is 14.3 Å². The lowest BCUT2D eigenvalue weighted by molar-refractivity contribution is 0.251. The van der Waals surface area contributed by atoms with Crippen LogP contribution in [0.25, 0.3) is 11.5 Å². The average Bonchev–Trinajstić information content (AvgIpc) is 3.38. The van der Waals surface area contributed by atoms with Gasteiger partial charge in [0.2, 0.25) is 0 Å². The molecule has 31 heavy (non-hydrogen) atoms. The van der Waals surface area contributed by atoms with Gasteiger partial charge in [0, 0.05) is 43.2 Å². The summed E-state index contributed by atoms with van der Waals surface area (Å²) in [5, 5.41) is 14.0. The van der Waals surface area contributed by atoms with Crippen molar-refractivity contribution in [3.63, 3.8) is 0 Å². The Balaban J connectivity index is 1.23. The van der Waals surface area contributed by atoms with Gasteiger partial charge in [0.15, 0.2) is 5.82 Å². The number of urea groups is 1. The third kappa shape index (κ3) is 4.84. The molecule has 164 valence electrons. The molecule has 0 radical (unpaired) electrons. The van der Waals surface area contributed by atoms with Crippen LogP contribution in [0.1, 0.15) is 50.7 Å². The highest BCUT2D eigenvalue weighted by molar-refractivity contribution is 5.89. The molecular weight excluding hydrogens is 398 g/mol. The second-order valence-corrected chi connectivity index (χ2v) is 7.95. The van der Waals surface area contributed by atoms with Crippen molar-refractivity contribution in [2.24, 2.45) is 0 Å². The maximum atomic E-state index is 12.3.